The Balaban J connectivity index is 0.00000364. The second-order valence-corrected chi connectivity index (χ2v) is 6.69. The lowest BCUT2D eigenvalue weighted by atomic mass is 10.1. The van der Waals surface area contributed by atoms with Gasteiger partial charge in [-0.05, 0) is 41.5 Å². The van der Waals surface area contributed by atoms with Crippen LogP contribution in [0.2, 0.25) is 0 Å². The largest absolute Gasteiger partial charge is 0.496 e. The number of ether oxygens (including phenoxy) is 1. The average molecular weight is 502 g/mol. The molecule has 0 bridgehead atoms. The molecule has 0 spiro atoms. The van der Waals surface area contributed by atoms with Crippen molar-refractivity contribution in [2.75, 3.05) is 33.8 Å². The second kappa shape index (κ2) is 13.0. The first-order valence-electron chi connectivity index (χ1n) is 9.06. The van der Waals surface area contributed by atoms with E-state index in [9.17, 15) is 0 Å². The number of rotatable bonds is 9. The molecule has 1 heterocycles. The van der Waals surface area contributed by atoms with Gasteiger partial charge in [0.2, 0.25) is 0 Å². The SMILES string of the molecule is CCN(CC)C(CNC(=NC)NCc1ccccc1OC)c1ccsc1.I. The predicted molar refractivity (Wildman–Crippen MR) is 127 cm³/mol. The third-order valence-electron chi connectivity index (χ3n) is 4.51. The zero-order chi connectivity index (χ0) is 18.8. The van der Waals surface area contributed by atoms with Crippen LogP contribution in [-0.2, 0) is 6.54 Å². The lowest BCUT2D eigenvalue weighted by Gasteiger charge is -2.30. The average Bonchev–Trinajstić information content (AvgIpc) is 3.22. The molecule has 0 fully saturated rings. The van der Waals surface area contributed by atoms with Gasteiger partial charge in [0.1, 0.15) is 5.75 Å². The topological polar surface area (TPSA) is 48.9 Å². The number of halogens is 1. The summed E-state index contributed by atoms with van der Waals surface area (Å²) in [5.41, 5.74) is 2.46. The smallest absolute Gasteiger partial charge is 0.191 e. The van der Waals surface area contributed by atoms with Crippen LogP contribution in [-0.4, -0.2) is 44.7 Å². The van der Waals surface area contributed by atoms with Crippen molar-refractivity contribution >= 4 is 41.3 Å². The molecule has 1 unspecified atom stereocenters. The van der Waals surface area contributed by atoms with E-state index in [1.165, 1.54) is 5.56 Å². The van der Waals surface area contributed by atoms with E-state index in [0.29, 0.717) is 12.6 Å². The van der Waals surface area contributed by atoms with Crippen molar-refractivity contribution in [3.05, 3.63) is 52.2 Å². The summed E-state index contributed by atoms with van der Waals surface area (Å²) in [6.07, 6.45) is 0. The first kappa shape index (κ1) is 23.7. The van der Waals surface area contributed by atoms with E-state index < -0.39 is 0 Å². The molecule has 2 aromatic rings. The van der Waals surface area contributed by atoms with E-state index in [2.05, 4.69) is 57.3 Å². The number of nitrogens with zero attached hydrogens (tertiary/aromatic N) is 2. The Hall–Kier alpha value is -1.32. The molecule has 0 aliphatic heterocycles. The van der Waals surface area contributed by atoms with Crippen LogP contribution in [0.3, 0.4) is 0 Å². The molecule has 5 nitrogen and oxygen atoms in total. The third-order valence-corrected chi connectivity index (χ3v) is 5.21. The van der Waals surface area contributed by atoms with Crippen LogP contribution in [0.15, 0.2) is 46.1 Å². The Morgan fingerprint density at radius 3 is 2.52 bits per heavy atom. The summed E-state index contributed by atoms with van der Waals surface area (Å²) in [6.45, 7) is 7.93. The fourth-order valence-electron chi connectivity index (χ4n) is 3.03. The summed E-state index contributed by atoms with van der Waals surface area (Å²) in [4.78, 5) is 6.82. The number of aliphatic imine (C=N–C) groups is 1. The minimum Gasteiger partial charge on any atom is -0.496 e. The van der Waals surface area contributed by atoms with Gasteiger partial charge in [-0.1, -0.05) is 32.0 Å². The van der Waals surface area contributed by atoms with Crippen molar-refractivity contribution in [3.63, 3.8) is 0 Å². The van der Waals surface area contributed by atoms with Crippen molar-refractivity contribution < 1.29 is 4.74 Å². The molecule has 27 heavy (non-hydrogen) atoms. The van der Waals surface area contributed by atoms with Gasteiger partial charge in [0.25, 0.3) is 0 Å². The molecule has 0 aliphatic carbocycles. The van der Waals surface area contributed by atoms with Gasteiger partial charge in [-0.2, -0.15) is 11.3 Å². The quantitative estimate of drug-likeness (QED) is 0.308. The molecule has 0 aliphatic rings. The van der Waals surface area contributed by atoms with Crippen LogP contribution in [0.5, 0.6) is 5.75 Å². The van der Waals surface area contributed by atoms with Crippen LogP contribution in [0.1, 0.15) is 31.0 Å². The number of hydrogen-bond donors (Lipinski definition) is 2. The second-order valence-electron chi connectivity index (χ2n) is 5.91. The monoisotopic (exact) mass is 502 g/mol. The van der Waals surface area contributed by atoms with E-state index in [1.807, 2.05) is 18.2 Å². The van der Waals surface area contributed by atoms with Crippen molar-refractivity contribution in [3.8, 4) is 5.75 Å². The van der Waals surface area contributed by atoms with Crippen LogP contribution in [0.25, 0.3) is 0 Å². The minimum atomic E-state index is 0. The summed E-state index contributed by atoms with van der Waals surface area (Å²) < 4.78 is 5.41. The number of benzene rings is 1. The first-order valence-corrected chi connectivity index (χ1v) is 10.00. The summed E-state index contributed by atoms with van der Waals surface area (Å²) in [6, 6.07) is 10.6. The van der Waals surface area contributed by atoms with Crippen LogP contribution in [0.4, 0.5) is 0 Å². The van der Waals surface area contributed by atoms with E-state index in [-0.39, 0.29) is 24.0 Å². The standard InChI is InChI=1S/C20H30N4OS.HI/c1-5-24(6-2)18(17-11-12-26-15-17)14-23-20(21-3)22-13-16-9-7-8-10-19(16)25-4;/h7-12,15,18H,5-6,13-14H2,1-4H3,(H2,21,22,23);1H. The Morgan fingerprint density at radius 2 is 1.93 bits per heavy atom. The Morgan fingerprint density at radius 1 is 1.19 bits per heavy atom. The minimum absolute atomic E-state index is 0. The van der Waals surface area contributed by atoms with Crippen molar-refractivity contribution in [2.45, 2.75) is 26.4 Å². The summed E-state index contributed by atoms with van der Waals surface area (Å²) in [5, 5.41) is 11.2. The maximum Gasteiger partial charge on any atom is 0.191 e. The molecule has 0 saturated carbocycles. The Kier molecular flexibility index (Phi) is 11.4. The molecule has 0 saturated heterocycles. The van der Waals surface area contributed by atoms with E-state index in [4.69, 9.17) is 4.74 Å². The lowest BCUT2D eigenvalue weighted by molar-refractivity contribution is 0.219. The molecule has 2 N–H and O–H groups in total. The number of para-hydroxylation sites is 1. The molecule has 1 aromatic heterocycles. The number of hydrogen-bond acceptors (Lipinski definition) is 4. The zero-order valence-corrected chi connectivity index (χ0v) is 19.7. The molecule has 7 heteroatoms. The first-order chi connectivity index (χ1) is 12.7. The molecule has 2 rings (SSSR count). The predicted octanol–water partition coefficient (Wildman–Crippen LogP) is 4.12. The van der Waals surface area contributed by atoms with Crippen LogP contribution < -0.4 is 15.4 Å². The number of likely N-dealkylation sites (N-methyl/N-ethyl adjacent to an activating group) is 1. The Bertz CT molecular complexity index is 674. The number of nitrogens with one attached hydrogen (secondary N) is 2. The van der Waals surface area contributed by atoms with Gasteiger partial charge in [-0.15, -0.1) is 24.0 Å². The summed E-state index contributed by atoms with van der Waals surface area (Å²) >= 11 is 1.74. The molecule has 0 radical (unpaired) electrons. The van der Waals surface area contributed by atoms with Gasteiger partial charge in [0, 0.05) is 25.7 Å². The van der Waals surface area contributed by atoms with Crippen LogP contribution >= 0.6 is 35.3 Å². The number of thiophene rings is 1. The summed E-state index contributed by atoms with van der Waals surface area (Å²) in [5.74, 6) is 1.68. The molecule has 0 amide bonds. The highest BCUT2D eigenvalue weighted by Gasteiger charge is 2.18. The van der Waals surface area contributed by atoms with Crippen molar-refractivity contribution in [2.24, 2.45) is 4.99 Å². The molecule has 150 valence electrons. The summed E-state index contributed by atoms with van der Waals surface area (Å²) in [7, 11) is 3.50. The maximum absolute atomic E-state index is 5.41. The molecular formula is C20H31IN4OS. The van der Waals surface area contributed by atoms with E-state index in [1.54, 1.807) is 25.5 Å². The maximum atomic E-state index is 5.41. The fraction of sp³-hybridized carbons (Fsp3) is 0.450. The highest BCUT2D eigenvalue weighted by Crippen LogP contribution is 2.22. The number of methoxy groups -OCH3 is 1. The number of guanidine groups is 1. The van der Waals surface area contributed by atoms with Gasteiger partial charge < -0.3 is 15.4 Å². The fourth-order valence-corrected chi connectivity index (χ4v) is 3.74. The highest BCUT2D eigenvalue weighted by molar-refractivity contribution is 14.0. The lowest BCUT2D eigenvalue weighted by Crippen LogP contribution is -2.42. The van der Waals surface area contributed by atoms with E-state index >= 15 is 0 Å². The van der Waals surface area contributed by atoms with Gasteiger partial charge in [-0.3, -0.25) is 9.89 Å². The van der Waals surface area contributed by atoms with Crippen molar-refractivity contribution in [1.29, 1.82) is 0 Å². The molecular weight excluding hydrogens is 471 g/mol. The Labute approximate surface area is 184 Å². The van der Waals surface area contributed by atoms with Gasteiger partial charge in [0.15, 0.2) is 5.96 Å². The van der Waals surface area contributed by atoms with E-state index in [0.717, 1.165) is 36.9 Å². The third kappa shape index (κ3) is 6.97. The molecule has 1 atom stereocenters. The molecule has 1 aromatic carbocycles. The highest BCUT2D eigenvalue weighted by atomic mass is 127. The zero-order valence-electron chi connectivity index (χ0n) is 16.6. The normalized spacial score (nSPS) is 12.4. The van der Waals surface area contributed by atoms with Gasteiger partial charge in [-0.25, -0.2) is 0 Å². The van der Waals surface area contributed by atoms with Crippen molar-refractivity contribution in [1.82, 2.24) is 15.5 Å². The van der Waals surface area contributed by atoms with Crippen LogP contribution in [0, 0.1) is 0 Å². The van der Waals surface area contributed by atoms with Gasteiger partial charge in [0.05, 0.1) is 13.2 Å². The van der Waals surface area contributed by atoms with Gasteiger partial charge >= 0.3 is 0 Å².